The number of nitrogens with one attached hydrogen (secondary N) is 1. The second-order valence-corrected chi connectivity index (χ2v) is 3.31. The zero-order chi connectivity index (χ0) is 6.81. The monoisotopic (exact) mass is 151 g/mol. The molecule has 1 N–H and O–H groups in total. The average molecular weight is 151 g/mol. The summed E-state index contributed by atoms with van der Waals surface area (Å²) in [6.07, 6.45) is 4.39. The Morgan fingerprint density at radius 2 is 2.60 bits per heavy atom. The summed E-state index contributed by atoms with van der Waals surface area (Å²) in [6, 6.07) is 4.74. The normalized spacial score (nSPS) is 23.8. The van der Waals surface area contributed by atoms with E-state index >= 15 is 0 Å². The summed E-state index contributed by atoms with van der Waals surface area (Å²) in [5.41, 5.74) is 0. The summed E-state index contributed by atoms with van der Waals surface area (Å²) in [6.45, 7) is 1.02. The van der Waals surface area contributed by atoms with Crippen LogP contribution in [-0.2, 0) is 0 Å². The predicted octanol–water partition coefficient (Wildman–Crippen LogP) is 1.95. The number of hydrogen-bond donors (Lipinski definition) is 1. The lowest BCUT2D eigenvalue weighted by molar-refractivity contribution is 0.724. The van der Waals surface area contributed by atoms with Gasteiger partial charge in [0.05, 0.1) is 6.04 Å². The molecule has 1 aromatic heterocycles. The van der Waals surface area contributed by atoms with Crippen LogP contribution in [0.2, 0.25) is 0 Å². The van der Waals surface area contributed by atoms with Gasteiger partial charge in [-0.25, -0.2) is 0 Å². The van der Waals surface area contributed by atoms with Crippen LogP contribution < -0.4 is 5.32 Å². The van der Waals surface area contributed by atoms with Crippen molar-refractivity contribution in [3.8, 4) is 0 Å². The molecule has 52 valence electrons. The van der Waals surface area contributed by atoms with Gasteiger partial charge in [0.15, 0.2) is 0 Å². The zero-order valence-electron chi connectivity index (χ0n) is 5.58. The maximum atomic E-state index is 3.36. The fourth-order valence-corrected chi connectivity index (χ4v) is 1.91. The Morgan fingerprint density at radius 1 is 1.60 bits per heavy atom. The molecule has 0 bridgehead atoms. The van der Waals surface area contributed by atoms with Crippen LogP contribution in [0, 0.1) is 0 Å². The highest BCUT2D eigenvalue weighted by molar-refractivity contribution is 7.10. The summed E-state index contributed by atoms with van der Waals surface area (Å²) in [5.74, 6) is 0. The Balaban J connectivity index is 2.20. The van der Waals surface area contributed by atoms with E-state index in [1.807, 2.05) is 0 Å². The van der Waals surface area contributed by atoms with Crippen LogP contribution in [-0.4, -0.2) is 6.54 Å². The van der Waals surface area contributed by atoms with E-state index in [1.54, 1.807) is 11.3 Å². The van der Waals surface area contributed by atoms with Crippen molar-refractivity contribution in [1.29, 1.82) is 0 Å². The van der Waals surface area contributed by atoms with Crippen molar-refractivity contribution in [3.63, 3.8) is 0 Å². The molecule has 2 rings (SSSR count). The molecule has 0 amide bonds. The van der Waals surface area contributed by atoms with E-state index in [0.29, 0.717) is 6.04 Å². The van der Waals surface area contributed by atoms with Crippen molar-refractivity contribution in [2.45, 2.75) is 6.04 Å². The third-order valence-electron chi connectivity index (χ3n) is 1.63. The van der Waals surface area contributed by atoms with Crippen molar-refractivity contribution in [2.75, 3.05) is 6.54 Å². The molecule has 1 aliphatic rings. The van der Waals surface area contributed by atoms with Crippen LogP contribution in [0.3, 0.4) is 0 Å². The molecule has 0 saturated carbocycles. The fraction of sp³-hybridized carbons (Fsp3) is 0.250. The summed E-state index contributed by atoms with van der Waals surface area (Å²) in [7, 11) is 0. The maximum Gasteiger partial charge on any atom is 0.0603 e. The van der Waals surface area contributed by atoms with Gasteiger partial charge in [0, 0.05) is 11.4 Å². The van der Waals surface area contributed by atoms with Crippen LogP contribution in [0.5, 0.6) is 0 Å². The SMILES string of the molecule is C1=CC(c2cccs2)NC1. The van der Waals surface area contributed by atoms with Gasteiger partial charge in [0.25, 0.3) is 0 Å². The van der Waals surface area contributed by atoms with Gasteiger partial charge < -0.3 is 5.32 Å². The highest BCUT2D eigenvalue weighted by Gasteiger charge is 2.10. The van der Waals surface area contributed by atoms with Gasteiger partial charge in [-0.05, 0) is 11.4 Å². The third kappa shape index (κ3) is 1.00. The van der Waals surface area contributed by atoms with E-state index in [9.17, 15) is 0 Å². The van der Waals surface area contributed by atoms with Gasteiger partial charge in [-0.3, -0.25) is 0 Å². The lowest BCUT2D eigenvalue weighted by Crippen LogP contribution is -2.12. The predicted molar refractivity (Wildman–Crippen MR) is 44.2 cm³/mol. The van der Waals surface area contributed by atoms with Crippen molar-refractivity contribution in [3.05, 3.63) is 34.5 Å². The molecule has 0 fully saturated rings. The Bertz CT molecular complexity index is 225. The number of thiophene rings is 1. The lowest BCUT2D eigenvalue weighted by Gasteiger charge is -2.03. The molecule has 1 unspecified atom stereocenters. The molecule has 0 saturated heterocycles. The van der Waals surface area contributed by atoms with Crippen molar-refractivity contribution in [2.24, 2.45) is 0 Å². The van der Waals surface area contributed by atoms with E-state index in [1.165, 1.54) is 4.88 Å². The second-order valence-electron chi connectivity index (χ2n) is 2.33. The molecule has 0 aliphatic carbocycles. The first-order chi connectivity index (χ1) is 4.97. The fourth-order valence-electron chi connectivity index (χ4n) is 1.13. The van der Waals surface area contributed by atoms with Gasteiger partial charge >= 0.3 is 0 Å². The highest BCUT2D eigenvalue weighted by atomic mass is 32.1. The molecular weight excluding hydrogens is 142 g/mol. The third-order valence-corrected chi connectivity index (χ3v) is 2.59. The summed E-state index contributed by atoms with van der Waals surface area (Å²) < 4.78 is 0. The molecule has 0 spiro atoms. The van der Waals surface area contributed by atoms with Crippen molar-refractivity contribution < 1.29 is 0 Å². The standard InChI is InChI=1S/C8H9NS/c1-3-7(9-5-1)8-4-2-6-10-8/h1-4,6-7,9H,5H2. The molecule has 10 heavy (non-hydrogen) atoms. The molecule has 1 aliphatic heterocycles. The summed E-state index contributed by atoms with van der Waals surface area (Å²) in [4.78, 5) is 1.41. The Morgan fingerprint density at radius 3 is 3.20 bits per heavy atom. The zero-order valence-corrected chi connectivity index (χ0v) is 6.40. The van der Waals surface area contributed by atoms with Crippen LogP contribution >= 0.6 is 11.3 Å². The number of hydrogen-bond acceptors (Lipinski definition) is 2. The minimum Gasteiger partial charge on any atom is -0.303 e. The van der Waals surface area contributed by atoms with Gasteiger partial charge in [0.2, 0.25) is 0 Å². The van der Waals surface area contributed by atoms with Gasteiger partial charge in [-0.2, -0.15) is 0 Å². The largest absolute Gasteiger partial charge is 0.303 e. The van der Waals surface area contributed by atoms with Crippen LogP contribution in [0.4, 0.5) is 0 Å². The Labute approximate surface area is 64.4 Å². The topological polar surface area (TPSA) is 12.0 Å². The second kappa shape index (κ2) is 2.56. The van der Waals surface area contributed by atoms with Gasteiger partial charge in [-0.1, -0.05) is 18.2 Å². The average Bonchev–Trinajstić information content (AvgIpc) is 2.59. The first kappa shape index (κ1) is 6.13. The highest BCUT2D eigenvalue weighted by Crippen LogP contribution is 2.21. The minimum atomic E-state index is 0.486. The summed E-state index contributed by atoms with van der Waals surface area (Å²) in [5, 5.41) is 5.47. The molecule has 0 aromatic carbocycles. The minimum absolute atomic E-state index is 0.486. The van der Waals surface area contributed by atoms with Gasteiger partial charge in [0.1, 0.15) is 0 Å². The molecule has 0 radical (unpaired) electrons. The first-order valence-electron chi connectivity index (χ1n) is 3.40. The van der Waals surface area contributed by atoms with E-state index in [2.05, 4.69) is 35.0 Å². The summed E-state index contributed by atoms with van der Waals surface area (Å²) >= 11 is 1.81. The first-order valence-corrected chi connectivity index (χ1v) is 4.28. The van der Waals surface area contributed by atoms with Crippen LogP contribution in [0.1, 0.15) is 10.9 Å². The van der Waals surface area contributed by atoms with E-state index in [0.717, 1.165) is 6.54 Å². The molecule has 2 heterocycles. The molecule has 1 nitrogen and oxygen atoms in total. The van der Waals surface area contributed by atoms with E-state index in [4.69, 9.17) is 0 Å². The van der Waals surface area contributed by atoms with Crippen molar-refractivity contribution >= 4 is 11.3 Å². The Kier molecular flexibility index (Phi) is 1.57. The van der Waals surface area contributed by atoms with Crippen molar-refractivity contribution in [1.82, 2.24) is 5.32 Å². The molecular formula is C8H9NS. The lowest BCUT2D eigenvalue weighted by atomic mass is 10.2. The van der Waals surface area contributed by atoms with E-state index < -0.39 is 0 Å². The van der Waals surface area contributed by atoms with E-state index in [-0.39, 0.29) is 0 Å². The molecule has 1 aromatic rings. The smallest absolute Gasteiger partial charge is 0.0603 e. The molecule has 1 atom stereocenters. The maximum absolute atomic E-state index is 3.36. The molecule has 2 heteroatoms. The van der Waals surface area contributed by atoms with Crippen LogP contribution in [0.15, 0.2) is 29.7 Å². The Hall–Kier alpha value is -0.600. The van der Waals surface area contributed by atoms with Crippen LogP contribution in [0.25, 0.3) is 0 Å². The quantitative estimate of drug-likeness (QED) is 0.605. The number of rotatable bonds is 1. The van der Waals surface area contributed by atoms with Gasteiger partial charge in [-0.15, -0.1) is 11.3 Å².